The van der Waals surface area contributed by atoms with Gasteiger partial charge in [0.15, 0.2) is 0 Å². The van der Waals surface area contributed by atoms with Crippen molar-refractivity contribution < 1.29 is 8.78 Å². The molecule has 0 atom stereocenters. The molecule has 5 heteroatoms. The van der Waals surface area contributed by atoms with Crippen LogP contribution in [0.2, 0.25) is 0 Å². The Hall–Kier alpha value is -0.940. The molecule has 1 N–H and O–H groups in total. The highest BCUT2D eigenvalue weighted by Gasteiger charge is 2.11. The molecule has 0 aliphatic carbocycles. The lowest BCUT2D eigenvalue weighted by atomic mass is 10.1. The first kappa shape index (κ1) is 15.1. The van der Waals surface area contributed by atoms with Crippen molar-refractivity contribution in [2.75, 3.05) is 0 Å². The summed E-state index contributed by atoms with van der Waals surface area (Å²) in [6, 6.07) is 13.8. The highest BCUT2D eigenvalue weighted by atomic mass is 79.9. The number of halogens is 3. The zero-order chi connectivity index (χ0) is 12.3. The number of hydrogen-bond donors (Lipinski definition) is 1. The third-order valence-corrected chi connectivity index (χ3v) is 3.37. The van der Waals surface area contributed by atoms with Crippen LogP contribution in [-0.4, -0.2) is 11.5 Å². The summed E-state index contributed by atoms with van der Waals surface area (Å²) >= 11 is 0.879. The minimum Gasteiger partial charge on any atom is -0.293 e. The van der Waals surface area contributed by atoms with Gasteiger partial charge >= 0.3 is 0 Å². The van der Waals surface area contributed by atoms with Crippen LogP contribution in [0.3, 0.4) is 0 Å². The smallest absolute Gasteiger partial charge is 0.285 e. The topological polar surface area (TPSA) is 23.9 Å². The van der Waals surface area contributed by atoms with E-state index in [0.29, 0.717) is 5.75 Å². The summed E-state index contributed by atoms with van der Waals surface area (Å²) < 4.78 is 24.3. The second-order valence-electron chi connectivity index (χ2n) is 3.64. The molecule has 0 aromatic heterocycles. The second-order valence-corrected chi connectivity index (χ2v) is 4.65. The number of nitrogens with one attached hydrogen (secondary N) is 1. The fourth-order valence-corrected chi connectivity index (χ4v) is 2.18. The lowest BCUT2D eigenvalue weighted by molar-refractivity contribution is 0.228. The largest absolute Gasteiger partial charge is 0.293 e. The molecule has 0 spiro atoms. The number of thioether (sulfide) groups is 1. The number of fused-ring (bicyclic) bond motifs is 1. The van der Waals surface area contributed by atoms with Gasteiger partial charge in [0.1, 0.15) is 5.04 Å². The van der Waals surface area contributed by atoms with Crippen LogP contribution in [0.25, 0.3) is 10.8 Å². The maximum atomic E-state index is 12.1. The van der Waals surface area contributed by atoms with E-state index < -0.39 is 11.5 Å². The van der Waals surface area contributed by atoms with E-state index in [9.17, 15) is 8.78 Å². The van der Waals surface area contributed by atoms with Crippen LogP contribution in [0.4, 0.5) is 8.78 Å². The zero-order valence-corrected chi connectivity index (χ0v) is 11.9. The molecule has 2 aromatic rings. The van der Waals surface area contributed by atoms with Crippen molar-refractivity contribution in [1.29, 1.82) is 5.41 Å². The van der Waals surface area contributed by atoms with E-state index in [2.05, 4.69) is 0 Å². The van der Waals surface area contributed by atoms with Crippen molar-refractivity contribution >= 4 is 44.6 Å². The first-order valence-corrected chi connectivity index (χ1v) is 6.12. The van der Waals surface area contributed by atoms with E-state index >= 15 is 0 Å². The Bertz CT molecular complexity index is 545. The van der Waals surface area contributed by atoms with E-state index in [4.69, 9.17) is 5.41 Å². The summed E-state index contributed by atoms with van der Waals surface area (Å²) in [4.78, 5) is 0. The quantitative estimate of drug-likeness (QED) is 0.628. The Kier molecular flexibility index (Phi) is 5.75. The highest BCUT2D eigenvalue weighted by Crippen LogP contribution is 2.21. The van der Waals surface area contributed by atoms with Crippen molar-refractivity contribution in [1.82, 2.24) is 0 Å². The van der Waals surface area contributed by atoms with Crippen molar-refractivity contribution in [3.63, 3.8) is 0 Å². The van der Waals surface area contributed by atoms with Crippen LogP contribution >= 0.6 is 28.7 Å². The summed E-state index contributed by atoms with van der Waals surface area (Å²) in [6.07, 6.45) is -2.67. The van der Waals surface area contributed by atoms with Crippen LogP contribution in [0.5, 0.6) is 0 Å². The maximum Gasteiger partial charge on any atom is 0.285 e. The zero-order valence-electron chi connectivity index (χ0n) is 9.40. The molecule has 0 saturated carbocycles. The Morgan fingerprint density at radius 3 is 2.44 bits per heavy atom. The number of rotatable bonds is 3. The van der Waals surface area contributed by atoms with Gasteiger partial charge in [0, 0.05) is 5.75 Å². The number of benzene rings is 2. The lowest BCUT2D eigenvalue weighted by Gasteiger charge is -2.04. The van der Waals surface area contributed by atoms with Gasteiger partial charge in [-0.25, -0.2) is 8.78 Å². The van der Waals surface area contributed by atoms with E-state index in [1.54, 1.807) is 0 Å². The van der Waals surface area contributed by atoms with Crippen molar-refractivity contribution in [2.24, 2.45) is 0 Å². The monoisotopic (exact) mass is 331 g/mol. The van der Waals surface area contributed by atoms with Crippen LogP contribution in [0.1, 0.15) is 5.56 Å². The van der Waals surface area contributed by atoms with Gasteiger partial charge in [-0.05, 0) is 16.3 Å². The van der Waals surface area contributed by atoms with E-state index in [0.717, 1.165) is 28.1 Å². The molecule has 1 nitrogen and oxygen atoms in total. The molecule has 2 aromatic carbocycles. The molecular weight excluding hydrogens is 320 g/mol. The molecule has 2 rings (SSSR count). The summed E-state index contributed by atoms with van der Waals surface area (Å²) in [5.41, 5.74) is 0.958. The van der Waals surface area contributed by atoms with Crippen LogP contribution in [0, 0.1) is 5.41 Å². The molecule has 0 heterocycles. The van der Waals surface area contributed by atoms with Gasteiger partial charge in [-0.1, -0.05) is 42.5 Å². The molecule has 0 bridgehead atoms. The third-order valence-electron chi connectivity index (χ3n) is 2.41. The molecule has 0 fully saturated rings. The predicted molar refractivity (Wildman–Crippen MR) is 79.3 cm³/mol. The first-order chi connectivity index (χ1) is 8.16. The van der Waals surface area contributed by atoms with Crippen LogP contribution in [-0.2, 0) is 5.75 Å². The Balaban J connectivity index is 0.00000162. The van der Waals surface area contributed by atoms with Crippen molar-refractivity contribution in [3.05, 3.63) is 48.0 Å². The van der Waals surface area contributed by atoms with E-state index in [-0.39, 0.29) is 17.0 Å². The summed E-state index contributed by atoms with van der Waals surface area (Å²) in [5.74, 6) is 0.411. The van der Waals surface area contributed by atoms with E-state index in [1.807, 2.05) is 42.5 Å². The predicted octanol–water partition coefficient (Wildman–Crippen LogP) is 4.89. The SMILES string of the molecule is Br.N=C(SCc1ccc2ccccc2c1)C(F)F. The molecular formula is C13H12BrF2NS. The summed E-state index contributed by atoms with van der Waals surface area (Å²) in [5, 5.41) is 8.72. The van der Waals surface area contributed by atoms with Gasteiger partial charge in [0.05, 0.1) is 0 Å². The van der Waals surface area contributed by atoms with Gasteiger partial charge in [-0.15, -0.1) is 28.7 Å². The Morgan fingerprint density at radius 1 is 1.11 bits per heavy atom. The highest BCUT2D eigenvalue weighted by molar-refractivity contribution is 8.93. The summed E-state index contributed by atoms with van der Waals surface area (Å²) in [7, 11) is 0. The number of hydrogen-bond acceptors (Lipinski definition) is 2. The van der Waals surface area contributed by atoms with E-state index in [1.165, 1.54) is 0 Å². The van der Waals surface area contributed by atoms with Gasteiger partial charge in [0.2, 0.25) is 0 Å². The molecule has 0 aliphatic rings. The van der Waals surface area contributed by atoms with Crippen molar-refractivity contribution in [2.45, 2.75) is 12.2 Å². The first-order valence-electron chi connectivity index (χ1n) is 5.14. The minimum absolute atomic E-state index is 0. The van der Waals surface area contributed by atoms with Crippen molar-refractivity contribution in [3.8, 4) is 0 Å². The molecule has 0 unspecified atom stereocenters. The lowest BCUT2D eigenvalue weighted by Crippen LogP contribution is -2.03. The maximum absolute atomic E-state index is 12.1. The molecule has 18 heavy (non-hydrogen) atoms. The Labute approximate surface area is 119 Å². The molecule has 0 amide bonds. The Morgan fingerprint density at radius 2 is 1.78 bits per heavy atom. The van der Waals surface area contributed by atoms with Crippen LogP contribution < -0.4 is 0 Å². The molecule has 96 valence electrons. The second kappa shape index (κ2) is 6.85. The van der Waals surface area contributed by atoms with Crippen LogP contribution in [0.15, 0.2) is 42.5 Å². The fraction of sp³-hybridized carbons (Fsp3) is 0.154. The standard InChI is InChI=1S/C13H11F2NS.BrH/c14-12(15)13(16)17-8-9-5-6-10-3-1-2-4-11(10)7-9;/h1-7,12,16H,8H2;1H. The average molecular weight is 332 g/mol. The number of alkyl halides is 2. The minimum atomic E-state index is -2.67. The van der Waals surface area contributed by atoms with Gasteiger partial charge in [0.25, 0.3) is 6.43 Å². The van der Waals surface area contributed by atoms with Gasteiger partial charge in [-0.3, -0.25) is 5.41 Å². The van der Waals surface area contributed by atoms with Gasteiger partial charge < -0.3 is 0 Å². The molecule has 0 saturated heterocycles. The summed E-state index contributed by atoms with van der Waals surface area (Å²) in [6.45, 7) is 0. The van der Waals surface area contributed by atoms with Gasteiger partial charge in [-0.2, -0.15) is 0 Å². The average Bonchev–Trinajstić information content (AvgIpc) is 2.35. The fourth-order valence-electron chi connectivity index (χ4n) is 1.55. The normalized spacial score (nSPS) is 10.4. The molecule has 0 aliphatic heterocycles. The molecule has 0 radical (unpaired) electrons. The third kappa shape index (κ3) is 3.78.